The Hall–Kier alpha value is -0.476. The Morgan fingerprint density at radius 2 is 1.00 bits per heavy atom. The van der Waals surface area contributed by atoms with Crippen LogP contribution in [0, 0.1) is 0 Å². The van der Waals surface area contributed by atoms with Crippen molar-refractivity contribution in [3.63, 3.8) is 0 Å². The number of ether oxygens (including phenoxy) is 4. The second-order valence-corrected chi connectivity index (χ2v) is 33.5. The van der Waals surface area contributed by atoms with E-state index in [1.165, 1.54) is 12.8 Å². The van der Waals surface area contributed by atoms with E-state index in [-0.39, 0.29) is 32.2 Å². The topological polar surface area (TPSA) is 108 Å². The van der Waals surface area contributed by atoms with Gasteiger partial charge in [-0.25, -0.2) is 4.79 Å². The molecule has 44 heavy (non-hydrogen) atoms. The highest BCUT2D eigenvalue weighted by Gasteiger charge is 2.45. The van der Waals surface area contributed by atoms with Crippen LogP contribution in [0.4, 0.5) is 0 Å². The lowest BCUT2D eigenvalue weighted by molar-refractivity contribution is -0.145. The molecule has 0 amide bonds. The second kappa shape index (κ2) is 20.7. The Balaban J connectivity index is 4.24. The minimum absolute atomic E-state index is 0.163. The van der Waals surface area contributed by atoms with Gasteiger partial charge in [-0.3, -0.25) is 4.79 Å². The number of hydrogen-bond donors (Lipinski definition) is 0. The Morgan fingerprint density at radius 3 is 1.48 bits per heavy atom. The average Bonchev–Trinajstić information content (AvgIpc) is 2.83. The van der Waals surface area contributed by atoms with Crippen molar-refractivity contribution in [3.8, 4) is 0 Å². The largest absolute Gasteiger partial charge is 0.463 e. The Morgan fingerprint density at radius 1 is 0.568 bits per heavy atom. The van der Waals surface area contributed by atoms with E-state index < -0.39 is 48.3 Å². The lowest BCUT2D eigenvalue weighted by Crippen LogP contribution is -2.58. The SMILES string of the molecule is C=C(C)C(=O)OCCOCCCC(=O)OCCOCCC[Si](C)(C)O[Si](C)(C)O[Si](C)(C)O[Si](C)(C)O[Si](C)(C)CCCC. The standard InChI is InChI=1S/C29H64O10Si5/c1-14-15-25-40(4,5)36-42(8,9)38-44(12,13)39-43(10,11)37-41(6,7)26-17-20-33-21-23-34-28(30)18-16-19-32-22-24-35-29(31)27(2)3/h2,14-26H2,1,3-13H3. The van der Waals surface area contributed by atoms with Gasteiger partial charge in [-0.1, -0.05) is 26.3 Å². The van der Waals surface area contributed by atoms with Crippen LogP contribution in [-0.2, 0) is 45.0 Å². The van der Waals surface area contributed by atoms with E-state index in [9.17, 15) is 9.59 Å². The van der Waals surface area contributed by atoms with Gasteiger partial charge in [0, 0.05) is 25.2 Å². The van der Waals surface area contributed by atoms with Crippen LogP contribution in [-0.4, -0.2) is 93.9 Å². The van der Waals surface area contributed by atoms with E-state index >= 15 is 0 Å². The van der Waals surface area contributed by atoms with E-state index in [2.05, 4.69) is 79.0 Å². The molecule has 0 rings (SSSR count). The van der Waals surface area contributed by atoms with Gasteiger partial charge in [-0.05, 0) is 97.3 Å². The first kappa shape index (κ1) is 43.5. The molecule has 0 atom stereocenters. The molecule has 0 aromatic heterocycles. The summed E-state index contributed by atoms with van der Waals surface area (Å²) in [6, 6.07) is 2.10. The fraction of sp³-hybridized carbons (Fsp3) is 0.862. The molecule has 0 aliphatic carbocycles. The van der Waals surface area contributed by atoms with Gasteiger partial charge in [-0.2, -0.15) is 0 Å². The van der Waals surface area contributed by atoms with Gasteiger partial charge >= 0.3 is 37.6 Å². The summed E-state index contributed by atoms with van der Waals surface area (Å²) < 4.78 is 47.9. The van der Waals surface area contributed by atoms with E-state index in [1.54, 1.807) is 6.92 Å². The summed E-state index contributed by atoms with van der Waals surface area (Å²) in [5, 5.41) is 0. The van der Waals surface area contributed by atoms with Gasteiger partial charge in [0.05, 0.1) is 13.2 Å². The molecule has 0 fully saturated rings. The molecule has 0 aliphatic heterocycles. The zero-order valence-electron chi connectivity index (χ0n) is 30.0. The van der Waals surface area contributed by atoms with E-state index in [1.807, 2.05) is 0 Å². The number of hydrogen-bond acceptors (Lipinski definition) is 10. The molecule has 0 N–H and O–H groups in total. The third kappa shape index (κ3) is 23.8. The van der Waals surface area contributed by atoms with Crippen molar-refractivity contribution >= 4 is 54.3 Å². The maximum absolute atomic E-state index is 11.9. The zero-order valence-corrected chi connectivity index (χ0v) is 35.0. The first-order valence-electron chi connectivity index (χ1n) is 16.1. The Kier molecular flexibility index (Phi) is 20.5. The van der Waals surface area contributed by atoms with Crippen LogP contribution >= 0.6 is 0 Å². The second-order valence-electron chi connectivity index (χ2n) is 13.8. The molecule has 0 bridgehead atoms. The highest BCUT2D eigenvalue weighted by molar-refractivity contribution is 6.90. The normalized spacial score (nSPS) is 13.2. The number of rotatable bonds is 26. The zero-order chi connectivity index (χ0) is 34.1. The first-order valence-corrected chi connectivity index (χ1v) is 30.7. The van der Waals surface area contributed by atoms with Crippen LogP contribution < -0.4 is 0 Å². The lowest BCUT2D eigenvalue weighted by Gasteiger charge is -2.42. The Labute approximate surface area is 273 Å². The van der Waals surface area contributed by atoms with Gasteiger partial charge in [-0.15, -0.1) is 0 Å². The molecule has 0 aromatic carbocycles. The van der Waals surface area contributed by atoms with Crippen molar-refractivity contribution in [2.45, 2.75) is 124 Å². The number of carbonyl (C=O) groups excluding carboxylic acids is 2. The van der Waals surface area contributed by atoms with Gasteiger partial charge in [0.1, 0.15) is 13.2 Å². The van der Waals surface area contributed by atoms with Crippen molar-refractivity contribution in [3.05, 3.63) is 12.2 Å². The van der Waals surface area contributed by atoms with Crippen molar-refractivity contribution in [1.29, 1.82) is 0 Å². The summed E-state index contributed by atoms with van der Waals surface area (Å²) >= 11 is 0. The van der Waals surface area contributed by atoms with E-state index in [0.717, 1.165) is 18.5 Å². The molecule has 15 heteroatoms. The van der Waals surface area contributed by atoms with Crippen LogP contribution in [0.3, 0.4) is 0 Å². The van der Waals surface area contributed by atoms with E-state index in [4.69, 9.17) is 35.4 Å². The fourth-order valence-electron chi connectivity index (χ4n) is 5.01. The molecule has 0 spiro atoms. The molecule has 0 heterocycles. The molecule has 10 nitrogen and oxygen atoms in total. The molecule has 0 unspecified atom stereocenters. The van der Waals surface area contributed by atoms with Crippen molar-refractivity contribution in [1.82, 2.24) is 0 Å². The number of carbonyl (C=O) groups is 2. The molecule has 0 saturated heterocycles. The highest BCUT2D eigenvalue weighted by atomic mass is 28.5. The third-order valence-electron chi connectivity index (χ3n) is 6.20. The minimum Gasteiger partial charge on any atom is -0.463 e. The molecular weight excluding hydrogens is 649 g/mol. The van der Waals surface area contributed by atoms with Gasteiger partial charge in [0.25, 0.3) is 0 Å². The maximum atomic E-state index is 11.9. The average molecular weight is 713 g/mol. The number of esters is 2. The van der Waals surface area contributed by atoms with E-state index in [0.29, 0.717) is 31.8 Å². The highest BCUT2D eigenvalue weighted by Crippen LogP contribution is 2.28. The molecular formula is C29H64O10Si5. The van der Waals surface area contributed by atoms with Crippen LogP contribution in [0.5, 0.6) is 0 Å². The summed E-state index contributed by atoms with van der Waals surface area (Å²) in [7, 11) is -11.0. The number of unbranched alkanes of at least 4 members (excludes halogenated alkanes) is 1. The van der Waals surface area contributed by atoms with Crippen molar-refractivity contribution in [2.75, 3.05) is 39.6 Å². The fourth-order valence-corrected chi connectivity index (χ4v) is 29.8. The summed E-state index contributed by atoms with van der Waals surface area (Å²) in [4.78, 5) is 23.1. The smallest absolute Gasteiger partial charge is 0.333 e. The van der Waals surface area contributed by atoms with Gasteiger partial charge in [0.2, 0.25) is 0 Å². The monoisotopic (exact) mass is 712 g/mol. The molecule has 260 valence electrons. The molecule has 0 radical (unpaired) electrons. The quantitative estimate of drug-likeness (QED) is 0.0394. The van der Waals surface area contributed by atoms with Crippen LogP contribution in [0.15, 0.2) is 12.2 Å². The van der Waals surface area contributed by atoms with Crippen molar-refractivity contribution < 1.29 is 45.0 Å². The summed E-state index contributed by atoms with van der Waals surface area (Å²) in [5.41, 5.74) is 0.352. The molecule has 0 saturated carbocycles. The maximum Gasteiger partial charge on any atom is 0.333 e. The molecule has 0 aliphatic rings. The van der Waals surface area contributed by atoms with Crippen LogP contribution in [0.25, 0.3) is 0 Å². The predicted octanol–water partition coefficient (Wildman–Crippen LogP) is 7.23. The lowest BCUT2D eigenvalue weighted by atomic mass is 10.3. The van der Waals surface area contributed by atoms with Gasteiger partial charge in [0.15, 0.2) is 16.6 Å². The summed E-state index contributed by atoms with van der Waals surface area (Å²) in [6.45, 7) is 31.1. The predicted molar refractivity (Wildman–Crippen MR) is 188 cm³/mol. The third-order valence-corrected chi connectivity index (χ3v) is 25.5. The molecule has 0 aromatic rings. The first-order chi connectivity index (χ1) is 20.1. The van der Waals surface area contributed by atoms with Gasteiger partial charge < -0.3 is 35.4 Å². The minimum atomic E-state index is -2.47. The van der Waals surface area contributed by atoms with Crippen LogP contribution in [0.1, 0.15) is 46.0 Å². The summed E-state index contributed by atoms with van der Waals surface area (Å²) in [6.07, 6.45) is 4.06. The Bertz CT molecular complexity index is 865. The summed E-state index contributed by atoms with van der Waals surface area (Å²) in [5.74, 6) is -0.716. The van der Waals surface area contributed by atoms with Crippen molar-refractivity contribution in [2.24, 2.45) is 0 Å². The van der Waals surface area contributed by atoms with Crippen LogP contribution in [0.2, 0.25) is 77.6 Å².